The first-order chi connectivity index (χ1) is 11.6. The van der Waals surface area contributed by atoms with E-state index in [2.05, 4.69) is 4.98 Å². The van der Waals surface area contributed by atoms with E-state index in [0.717, 1.165) is 0 Å². The molecule has 2 heterocycles. The Morgan fingerprint density at radius 3 is 2.79 bits per heavy atom. The number of benzene rings is 1. The first-order valence-corrected chi connectivity index (χ1v) is 7.84. The van der Waals surface area contributed by atoms with E-state index in [1.165, 1.54) is 6.20 Å². The molecule has 0 aliphatic carbocycles. The van der Waals surface area contributed by atoms with Crippen molar-refractivity contribution in [3.8, 4) is 17.4 Å². The van der Waals surface area contributed by atoms with E-state index in [1.54, 1.807) is 36.3 Å². The van der Waals surface area contributed by atoms with Gasteiger partial charge in [0.15, 0.2) is 6.61 Å². The Morgan fingerprint density at radius 2 is 2.08 bits per heavy atom. The summed E-state index contributed by atoms with van der Waals surface area (Å²) in [5, 5.41) is 0.558. The molecule has 0 bridgehead atoms. The van der Waals surface area contributed by atoms with Crippen molar-refractivity contribution >= 4 is 17.5 Å². The number of ether oxygens (including phenoxy) is 3. The van der Waals surface area contributed by atoms with E-state index in [9.17, 15) is 4.79 Å². The maximum atomic E-state index is 12.1. The highest BCUT2D eigenvalue weighted by Crippen LogP contribution is 2.20. The zero-order valence-corrected chi connectivity index (χ0v) is 13.9. The maximum absolute atomic E-state index is 12.1. The average Bonchev–Trinajstić information content (AvgIpc) is 2.57. The van der Waals surface area contributed by atoms with Gasteiger partial charge < -0.3 is 19.1 Å². The number of carbonyl (C=O) groups excluding carboxylic acids is 1. The van der Waals surface area contributed by atoms with Crippen LogP contribution in [-0.2, 0) is 4.79 Å². The molecule has 2 aromatic rings. The molecule has 1 aromatic heterocycles. The molecule has 1 amide bonds. The molecule has 0 N–H and O–H groups in total. The van der Waals surface area contributed by atoms with Gasteiger partial charge >= 0.3 is 0 Å². The largest absolute Gasteiger partial charge is 0.497 e. The van der Waals surface area contributed by atoms with Gasteiger partial charge in [-0.3, -0.25) is 4.79 Å². The minimum Gasteiger partial charge on any atom is -0.497 e. The van der Waals surface area contributed by atoms with Gasteiger partial charge in [0.1, 0.15) is 17.6 Å². The van der Waals surface area contributed by atoms with Crippen molar-refractivity contribution in [2.75, 3.05) is 26.8 Å². The molecular formula is C17H17ClN2O4. The molecule has 1 aliphatic heterocycles. The molecule has 24 heavy (non-hydrogen) atoms. The molecule has 1 aromatic carbocycles. The van der Waals surface area contributed by atoms with Crippen LogP contribution in [0, 0.1) is 0 Å². The summed E-state index contributed by atoms with van der Waals surface area (Å²) in [6.45, 7) is 1.02. The number of likely N-dealkylation sites (tertiary alicyclic amines) is 1. The molecular weight excluding hydrogens is 332 g/mol. The third-order valence-electron chi connectivity index (χ3n) is 3.59. The summed E-state index contributed by atoms with van der Waals surface area (Å²) < 4.78 is 16.3. The van der Waals surface area contributed by atoms with Crippen LogP contribution in [0.25, 0.3) is 0 Å². The third kappa shape index (κ3) is 4.08. The summed E-state index contributed by atoms with van der Waals surface area (Å²) in [6, 6.07) is 10.6. The standard InChI is InChI=1S/C17H17ClN2O4/c1-22-13-3-2-4-14(7-13)23-11-17(21)20-9-15(10-20)24-16-6-5-12(18)8-19-16/h2-8,15H,9-11H2,1H3. The highest BCUT2D eigenvalue weighted by atomic mass is 35.5. The lowest BCUT2D eigenvalue weighted by Crippen LogP contribution is -2.57. The molecule has 6 nitrogen and oxygen atoms in total. The molecule has 1 saturated heterocycles. The predicted molar refractivity (Wildman–Crippen MR) is 88.7 cm³/mol. The number of carbonyl (C=O) groups is 1. The molecule has 0 radical (unpaired) electrons. The number of methoxy groups -OCH3 is 1. The van der Waals surface area contributed by atoms with Crippen molar-refractivity contribution in [2.45, 2.75) is 6.10 Å². The molecule has 3 rings (SSSR count). The summed E-state index contributed by atoms with van der Waals surface area (Å²) in [5.41, 5.74) is 0. The molecule has 126 valence electrons. The van der Waals surface area contributed by atoms with Crippen LogP contribution in [0.1, 0.15) is 0 Å². The zero-order chi connectivity index (χ0) is 16.9. The second-order valence-electron chi connectivity index (χ2n) is 5.32. The predicted octanol–water partition coefficient (Wildman–Crippen LogP) is 2.41. The molecule has 0 atom stereocenters. The number of aromatic nitrogens is 1. The minimum absolute atomic E-state index is 0.0148. The topological polar surface area (TPSA) is 60.9 Å². The smallest absolute Gasteiger partial charge is 0.260 e. The summed E-state index contributed by atoms with van der Waals surface area (Å²) in [4.78, 5) is 17.8. The second kappa shape index (κ2) is 7.40. The van der Waals surface area contributed by atoms with Crippen molar-refractivity contribution in [3.05, 3.63) is 47.6 Å². The lowest BCUT2D eigenvalue weighted by molar-refractivity contribution is -0.142. The van der Waals surface area contributed by atoms with Gasteiger partial charge in [-0.15, -0.1) is 0 Å². The van der Waals surface area contributed by atoms with E-state index < -0.39 is 0 Å². The molecule has 0 saturated carbocycles. The average molecular weight is 349 g/mol. The summed E-state index contributed by atoms with van der Waals surface area (Å²) >= 11 is 5.77. The van der Waals surface area contributed by atoms with Crippen LogP contribution < -0.4 is 14.2 Å². The Hall–Kier alpha value is -2.47. The zero-order valence-electron chi connectivity index (χ0n) is 13.1. The van der Waals surface area contributed by atoms with Crippen LogP contribution >= 0.6 is 11.6 Å². The number of rotatable bonds is 6. The first-order valence-electron chi connectivity index (χ1n) is 7.47. The maximum Gasteiger partial charge on any atom is 0.260 e. The van der Waals surface area contributed by atoms with Gasteiger partial charge in [0.25, 0.3) is 5.91 Å². The van der Waals surface area contributed by atoms with Gasteiger partial charge in [-0.2, -0.15) is 0 Å². The minimum atomic E-state index is -0.0817. The van der Waals surface area contributed by atoms with Crippen molar-refractivity contribution in [1.82, 2.24) is 9.88 Å². The molecule has 7 heteroatoms. The van der Waals surface area contributed by atoms with Gasteiger partial charge in [0.2, 0.25) is 5.88 Å². The number of halogens is 1. The van der Waals surface area contributed by atoms with Gasteiger partial charge in [0, 0.05) is 18.3 Å². The Morgan fingerprint density at radius 1 is 1.29 bits per heavy atom. The SMILES string of the molecule is COc1cccc(OCC(=O)N2CC(Oc3ccc(Cl)cn3)C2)c1. The van der Waals surface area contributed by atoms with Crippen LogP contribution in [0.2, 0.25) is 5.02 Å². The fraction of sp³-hybridized carbons (Fsp3) is 0.294. The van der Waals surface area contributed by atoms with Crippen LogP contribution in [0.5, 0.6) is 17.4 Å². The van der Waals surface area contributed by atoms with Crippen molar-refractivity contribution in [2.24, 2.45) is 0 Å². The molecule has 1 fully saturated rings. The van der Waals surface area contributed by atoms with E-state index in [-0.39, 0.29) is 18.6 Å². The number of hydrogen-bond acceptors (Lipinski definition) is 5. The number of pyridine rings is 1. The van der Waals surface area contributed by atoms with Crippen molar-refractivity contribution in [1.29, 1.82) is 0 Å². The first kappa shape index (κ1) is 16.4. The van der Waals surface area contributed by atoms with Crippen LogP contribution in [0.4, 0.5) is 0 Å². The van der Waals surface area contributed by atoms with E-state index in [1.807, 2.05) is 12.1 Å². The normalized spacial score (nSPS) is 14.0. The van der Waals surface area contributed by atoms with E-state index in [0.29, 0.717) is 35.5 Å². The summed E-state index contributed by atoms with van der Waals surface area (Å²) in [6.07, 6.45) is 1.47. The quantitative estimate of drug-likeness (QED) is 0.802. The highest BCUT2D eigenvalue weighted by Gasteiger charge is 2.32. The number of hydrogen-bond donors (Lipinski definition) is 0. The van der Waals surface area contributed by atoms with Crippen LogP contribution in [-0.4, -0.2) is 48.7 Å². The number of amides is 1. The van der Waals surface area contributed by atoms with Gasteiger partial charge in [-0.1, -0.05) is 17.7 Å². The Bertz CT molecular complexity index is 702. The van der Waals surface area contributed by atoms with E-state index in [4.69, 9.17) is 25.8 Å². The number of nitrogens with zero attached hydrogens (tertiary/aromatic N) is 2. The second-order valence-corrected chi connectivity index (χ2v) is 5.76. The van der Waals surface area contributed by atoms with Crippen molar-refractivity contribution < 1.29 is 19.0 Å². The molecule has 1 aliphatic rings. The van der Waals surface area contributed by atoms with Crippen molar-refractivity contribution in [3.63, 3.8) is 0 Å². The highest BCUT2D eigenvalue weighted by molar-refractivity contribution is 6.30. The van der Waals surface area contributed by atoms with Gasteiger partial charge in [-0.05, 0) is 18.2 Å². The van der Waals surface area contributed by atoms with Gasteiger partial charge in [0.05, 0.1) is 25.2 Å². The lowest BCUT2D eigenvalue weighted by Gasteiger charge is -2.38. The van der Waals surface area contributed by atoms with Crippen LogP contribution in [0.15, 0.2) is 42.6 Å². The Kier molecular flexibility index (Phi) is 5.05. The fourth-order valence-electron chi connectivity index (χ4n) is 2.25. The summed E-state index contributed by atoms with van der Waals surface area (Å²) in [5.74, 6) is 1.71. The van der Waals surface area contributed by atoms with Crippen LogP contribution in [0.3, 0.4) is 0 Å². The van der Waals surface area contributed by atoms with E-state index >= 15 is 0 Å². The Labute approximate surface area is 144 Å². The Balaban J connectivity index is 1.42. The third-order valence-corrected chi connectivity index (χ3v) is 3.82. The fourth-order valence-corrected chi connectivity index (χ4v) is 2.36. The monoisotopic (exact) mass is 348 g/mol. The molecule has 0 spiro atoms. The van der Waals surface area contributed by atoms with Gasteiger partial charge in [-0.25, -0.2) is 4.98 Å². The lowest BCUT2D eigenvalue weighted by atomic mass is 10.1. The summed E-state index contributed by atoms with van der Waals surface area (Å²) in [7, 11) is 1.58. The molecule has 0 unspecified atom stereocenters.